The largest absolute Gasteiger partial charge is 0.497 e. The summed E-state index contributed by atoms with van der Waals surface area (Å²) in [7, 11) is 3.40. The zero-order valence-corrected chi connectivity index (χ0v) is 18.5. The van der Waals surface area contributed by atoms with Crippen molar-refractivity contribution in [1.82, 2.24) is 0 Å². The summed E-state index contributed by atoms with van der Waals surface area (Å²) in [6.45, 7) is 12.8. The van der Waals surface area contributed by atoms with Gasteiger partial charge in [0, 0.05) is 49.9 Å². The lowest BCUT2D eigenvalue weighted by Gasteiger charge is -2.39. The number of rotatable bonds is 4. The van der Waals surface area contributed by atoms with Crippen molar-refractivity contribution in [2.45, 2.75) is 40.2 Å². The summed E-state index contributed by atoms with van der Waals surface area (Å²) in [4.78, 5) is 4.96. The molecule has 5 nitrogen and oxygen atoms in total. The Kier molecular flexibility index (Phi) is 5.24. The molecule has 0 spiro atoms. The summed E-state index contributed by atoms with van der Waals surface area (Å²) in [6, 6.07) is 6.06. The molecule has 0 saturated carbocycles. The standard InChI is InChI=1S/C24H32N2O3/c1-15-13-20-18(4)23(16(2)17(3)24(20)29-15)26-11-9-25(10-12-26)21-8-7-19(27-5)14-22(21)28-6/h7-8,14-15H,9-13H2,1-6H3. The predicted octanol–water partition coefficient (Wildman–Crippen LogP) is 4.28. The summed E-state index contributed by atoms with van der Waals surface area (Å²) in [5, 5.41) is 0. The normalized spacial score (nSPS) is 18.5. The van der Waals surface area contributed by atoms with Crippen LogP contribution < -0.4 is 24.0 Å². The molecule has 2 heterocycles. The van der Waals surface area contributed by atoms with Gasteiger partial charge in [-0.05, 0) is 56.5 Å². The molecule has 1 unspecified atom stereocenters. The van der Waals surface area contributed by atoms with Gasteiger partial charge in [-0.1, -0.05) is 0 Å². The van der Waals surface area contributed by atoms with E-state index in [-0.39, 0.29) is 6.10 Å². The van der Waals surface area contributed by atoms with E-state index in [9.17, 15) is 0 Å². The predicted molar refractivity (Wildman–Crippen MR) is 118 cm³/mol. The van der Waals surface area contributed by atoms with Gasteiger partial charge in [0.1, 0.15) is 23.4 Å². The van der Waals surface area contributed by atoms with Crippen LogP contribution in [0.2, 0.25) is 0 Å². The fourth-order valence-electron chi connectivity index (χ4n) is 4.80. The number of methoxy groups -OCH3 is 2. The Morgan fingerprint density at radius 1 is 0.897 bits per heavy atom. The maximum absolute atomic E-state index is 6.11. The average Bonchev–Trinajstić information content (AvgIpc) is 3.14. The lowest BCUT2D eigenvalue weighted by molar-refractivity contribution is 0.253. The molecule has 29 heavy (non-hydrogen) atoms. The smallest absolute Gasteiger partial charge is 0.145 e. The zero-order valence-electron chi connectivity index (χ0n) is 18.5. The van der Waals surface area contributed by atoms with Gasteiger partial charge in [0.05, 0.1) is 19.9 Å². The van der Waals surface area contributed by atoms with Gasteiger partial charge in [-0.15, -0.1) is 0 Å². The minimum Gasteiger partial charge on any atom is -0.497 e. The minimum atomic E-state index is 0.274. The third-order valence-electron chi connectivity index (χ3n) is 6.47. The summed E-state index contributed by atoms with van der Waals surface area (Å²) in [5.74, 6) is 2.81. The molecule has 0 radical (unpaired) electrons. The highest BCUT2D eigenvalue weighted by molar-refractivity contribution is 5.70. The maximum atomic E-state index is 6.11. The second kappa shape index (κ2) is 7.69. The highest BCUT2D eigenvalue weighted by atomic mass is 16.5. The maximum Gasteiger partial charge on any atom is 0.145 e. The van der Waals surface area contributed by atoms with E-state index in [1.54, 1.807) is 14.2 Å². The summed E-state index contributed by atoms with van der Waals surface area (Å²) < 4.78 is 17.1. The van der Waals surface area contributed by atoms with Crippen LogP contribution in [-0.2, 0) is 6.42 Å². The Balaban J connectivity index is 1.57. The van der Waals surface area contributed by atoms with Gasteiger partial charge in [-0.25, -0.2) is 0 Å². The summed E-state index contributed by atoms with van der Waals surface area (Å²) in [5.41, 5.74) is 7.97. The number of piperazine rings is 1. The Morgan fingerprint density at radius 2 is 1.59 bits per heavy atom. The first-order valence-electron chi connectivity index (χ1n) is 10.5. The zero-order chi connectivity index (χ0) is 20.7. The van der Waals surface area contributed by atoms with Crippen LogP contribution in [0.15, 0.2) is 18.2 Å². The molecule has 2 aromatic rings. The number of benzene rings is 2. The van der Waals surface area contributed by atoms with Crippen LogP contribution >= 0.6 is 0 Å². The molecule has 156 valence electrons. The quantitative estimate of drug-likeness (QED) is 0.771. The number of hydrogen-bond donors (Lipinski definition) is 0. The molecule has 0 bridgehead atoms. The number of anilines is 2. The van der Waals surface area contributed by atoms with Gasteiger partial charge in [0.25, 0.3) is 0 Å². The fraction of sp³-hybridized carbons (Fsp3) is 0.500. The van der Waals surface area contributed by atoms with E-state index < -0.39 is 0 Å². The molecule has 1 fully saturated rings. The van der Waals surface area contributed by atoms with Gasteiger partial charge < -0.3 is 24.0 Å². The van der Waals surface area contributed by atoms with E-state index in [0.29, 0.717) is 0 Å². The highest BCUT2D eigenvalue weighted by Gasteiger charge is 2.30. The van der Waals surface area contributed by atoms with Crippen molar-refractivity contribution in [1.29, 1.82) is 0 Å². The topological polar surface area (TPSA) is 34.2 Å². The molecule has 1 saturated heterocycles. The Bertz CT molecular complexity index is 917. The number of nitrogens with zero attached hydrogens (tertiary/aromatic N) is 2. The second-order valence-electron chi connectivity index (χ2n) is 8.18. The van der Waals surface area contributed by atoms with Crippen LogP contribution in [0.25, 0.3) is 0 Å². The number of ether oxygens (including phenoxy) is 3. The lowest BCUT2D eigenvalue weighted by Crippen LogP contribution is -2.47. The SMILES string of the molecule is COc1ccc(N2CCN(c3c(C)c(C)c4c(c3C)CC(C)O4)CC2)c(OC)c1. The van der Waals surface area contributed by atoms with Crippen molar-refractivity contribution < 1.29 is 14.2 Å². The molecule has 4 rings (SSSR count). The highest BCUT2D eigenvalue weighted by Crippen LogP contribution is 2.43. The van der Waals surface area contributed by atoms with Crippen LogP contribution in [0.5, 0.6) is 17.2 Å². The van der Waals surface area contributed by atoms with Crippen molar-refractivity contribution in [3.63, 3.8) is 0 Å². The van der Waals surface area contributed by atoms with E-state index in [4.69, 9.17) is 14.2 Å². The number of fused-ring (bicyclic) bond motifs is 1. The van der Waals surface area contributed by atoms with Crippen LogP contribution in [0, 0.1) is 20.8 Å². The Labute approximate surface area is 174 Å². The first-order chi connectivity index (χ1) is 13.9. The van der Waals surface area contributed by atoms with E-state index in [2.05, 4.69) is 43.6 Å². The molecule has 0 aromatic heterocycles. The van der Waals surface area contributed by atoms with Crippen molar-refractivity contribution in [2.75, 3.05) is 50.2 Å². The Morgan fingerprint density at radius 3 is 2.24 bits per heavy atom. The van der Waals surface area contributed by atoms with Gasteiger partial charge in [-0.3, -0.25) is 0 Å². The molecule has 0 N–H and O–H groups in total. The lowest BCUT2D eigenvalue weighted by atomic mass is 9.94. The van der Waals surface area contributed by atoms with Crippen molar-refractivity contribution in [2.24, 2.45) is 0 Å². The molecule has 0 amide bonds. The second-order valence-corrected chi connectivity index (χ2v) is 8.18. The molecule has 2 aliphatic rings. The monoisotopic (exact) mass is 396 g/mol. The summed E-state index contributed by atoms with van der Waals surface area (Å²) >= 11 is 0. The van der Waals surface area contributed by atoms with Gasteiger partial charge in [0.2, 0.25) is 0 Å². The third kappa shape index (κ3) is 3.37. The molecule has 2 aromatic carbocycles. The van der Waals surface area contributed by atoms with Crippen LogP contribution in [0.1, 0.15) is 29.2 Å². The molecule has 5 heteroatoms. The molecule has 1 atom stereocenters. The molecular weight excluding hydrogens is 364 g/mol. The van der Waals surface area contributed by atoms with Gasteiger partial charge >= 0.3 is 0 Å². The van der Waals surface area contributed by atoms with Crippen molar-refractivity contribution in [3.05, 3.63) is 40.5 Å². The number of hydrogen-bond acceptors (Lipinski definition) is 5. The fourth-order valence-corrected chi connectivity index (χ4v) is 4.80. The summed E-state index contributed by atoms with van der Waals surface area (Å²) in [6.07, 6.45) is 1.29. The van der Waals surface area contributed by atoms with Crippen molar-refractivity contribution >= 4 is 11.4 Å². The first kappa shape index (κ1) is 19.7. The molecule has 0 aliphatic carbocycles. The first-order valence-corrected chi connectivity index (χ1v) is 10.5. The van der Waals surface area contributed by atoms with E-state index in [0.717, 1.165) is 55.5 Å². The van der Waals surface area contributed by atoms with Crippen LogP contribution in [-0.4, -0.2) is 46.5 Å². The van der Waals surface area contributed by atoms with E-state index in [1.165, 1.54) is 27.9 Å². The van der Waals surface area contributed by atoms with Crippen molar-refractivity contribution in [3.8, 4) is 17.2 Å². The van der Waals surface area contributed by atoms with Crippen LogP contribution in [0.4, 0.5) is 11.4 Å². The molecular formula is C24H32N2O3. The minimum absolute atomic E-state index is 0.274. The molecule has 2 aliphatic heterocycles. The van der Waals surface area contributed by atoms with Gasteiger partial charge in [-0.2, -0.15) is 0 Å². The van der Waals surface area contributed by atoms with Gasteiger partial charge in [0.15, 0.2) is 0 Å². The van der Waals surface area contributed by atoms with E-state index in [1.807, 2.05) is 12.1 Å². The average molecular weight is 397 g/mol. The third-order valence-corrected chi connectivity index (χ3v) is 6.47. The van der Waals surface area contributed by atoms with Crippen LogP contribution in [0.3, 0.4) is 0 Å². The van der Waals surface area contributed by atoms with E-state index >= 15 is 0 Å². The Hall–Kier alpha value is -2.56.